The van der Waals surface area contributed by atoms with Crippen LogP contribution in [0.1, 0.15) is 21.5 Å². The van der Waals surface area contributed by atoms with E-state index in [1.54, 1.807) is 60.7 Å². The van der Waals surface area contributed by atoms with Crippen LogP contribution >= 0.6 is 11.6 Å². The molecule has 0 heterocycles. The Hall–Kier alpha value is -3.31. The summed E-state index contributed by atoms with van der Waals surface area (Å²) in [5.74, 6) is -0.220. The lowest BCUT2D eigenvalue weighted by molar-refractivity contribution is -0.385. The van der Waals surface area contributed by atoms with Gasteiger partial charge in [0.1, 0.15) is 0 Å². The van der Waals surface area contributed by atoms with Crippen LogP contribution in [0.5, 0.6) is 0 Å². The average Bonchev–Trinajstić information content (AvgIpc) is 2.67. The molecule has 0 bridgehead atoms. The smallest absolute Gasteiger partial charge is 0.278 e. The molecule has 6 heteroatoms. The number of carbonyl (C=O) groups excluding carboxylic acids is 1. The molecule has 0 saturated carbocycles. The van der Waals surface area contributed by atoms with Crippen molar-refractivity contribution in [2.45, 2.75) is 0 Å². The maximum atomic E-state index is 12.8. The summed E-state index contributed by atoms with van der Waals surface area (Å²) < 4.78 is 0. The second-order valence-corrected chi connectivity index (χ2v) is 5.87. The third-order valence-corrected chi connectivity index (χ3v) is 3.95. The van der Waals surface area contributed by atoms with Crippen molar-refractivity contribution in [3.63, 3.8) is 0 Å². The second-order valence-electron chi connectivity index (χ2n) is 5.43. The van der Waals surface area contributed by atoms with Crippen LogP contribution in [0.15, 0.2) is 77.8 Å². The van der Waals surface area contributed by atoms with Gasteiger partial charge < -0.3 is 0 Å². The monoisotopic (exact) mass is 364 g/mol. The fourth-order valence-electron chi connectivity index (χ4n) is 2.45. The molecular formula is C20H13ClN2O3. The molecule has 0 aliphatic carbocycles. The Morgan fingerprint density at radius 1 is 1.00 bits per heavy atom. The zero-order chi connectivity index (χ0) is 18.5. The van der Waals surface area contributed by atoms with E-state index in [-0.39, 0.29) is 11.5 Å². The Morgan fingerprint density at radius 3 is 2.42 bits per heavy atom. The van der Waals surface area contributed by atoms with Crippen LogP contribution in [0.25, 0.3) is 0 Å². The highest BCUT2D eigenvalue weighted by atomic mass is 35.5. The van der Waals surface area contributed by atoms with Gasteiger partial charge in [-0.3, -0.25) is 19.9 Å². The van der Waals surface area contributed by atoms with Gasteiger partial charge >= 0.3 is 0 Å². The number of nitro groups is 1. The first-order valence-corrected chi connectivity index (χ1v) is 8.11. The summed E-state index contributed by atoms with van der Waals surface area (Å²) in [4.78, 5) is 27.7. The molecule has 0 fully saturated rings. The van der Waals surface area contributed by atoms with Crippen LogP contribution in [0.2, 0.25) is 5.02 Å². The summed E-state index contributed by atoms with van der Waals surface area (Å²) in [5, 5.41) is 11.5. The summed E-state index contributed by atoms with van der Waals surface area (Å²) in [6.45, 7) is 0. The fourth-order valence-corrected chi connectivity index (χ4v) is 2.62. The van der Waals surface area contributed by atoms with Crippen LogP contribution in [0, 0.1) is 10.1 Å². The number of para-hydroxylation sites is 1. The molecule has 3 aromatic carbocycles. The van der Waals surface area contributed by atoms with Gasteiger partial charge in [-0.1, -0.05) is 54.1 Å². The Kier molecular flexibility index (Phi) is 5.20. The van der Waals surface area contributed by atoms with Gasteiger partial charge in [-0.2, -0.15) is 0 Å². The van der Waals surface area contributed by atoms with Gasteiger partial charge in [0.25, 0.3) is 5.69 Å². The van der Waals surface area contributed by atoms with Gasteiger partial charge in [0.2, 0.25) is 0 Å². The SMILES string of the molecule is O=C(c1ccccc1)c1cc(Cl)ccc1N=Cc1ccccc1[N+](=O)[O-]. The van der Waals surface area contributed by atoms with E-state index in [0.717, 1.165) is 0 Å². The number of nitro benzene ring substituents is 1. The first kappa shape index (κ1) is 17.5. The molecule has 128 valence electrons. The van der Waals surface area contributed by atoms with Crippen molar-refractivity contribution < 1.29 is 9.72 Å². The van der Waals surface area contributed by atoms with E-state index in [1.807, 2.05) is 6.07 Å². The summed E-state index contributed by atoms with van der Waals surface area (Å²) in [6, 6.07) is 19.8. The van der Waals surface area contributed by atoms with Crippen LogP contribution in [0.3, 0.4) is 0 Å². The zero-order valence-electron chi connectivity index (χ0n) is 13.5. The Morgan fingerprint density at radius 2 is 1.69 bits per heavy atom. The summed E-state index contributed by atoms with van der Waals surface area (Å²) in [5.41, 5.74) is 1.53. The van der Waals surface area contributed by atoms with Crippen molar-refractivity contribution in [2.24, 2.45) is 4.99 Å². The van der Waals surface area contributed by atoms with Crippen molar-refractivity contribution >= 4 is 35.0 Å². The lowest BCUT2D eigenvalue weighted by atomic mass is 10.0. The van der Waals surface area contributed by atoms with Gasteiger partial charge in [0.15, 0.2) is 5.78 Å². The predicted octanol–water partition coefficient (Wildman–Crippen LogP) is 5.23. The number of ketones is 1. The molecule has 0 aliphatic heterocycles. The molecule has 0 aromatic heterocycles. The van der Waals surface area contributed by atoms with E-state index in [9.17, 15) is 14.9 Å². The first-order chi connectivity index (χ1) is 12.6. The molecule has 0 amide bonds. The number of halogens is 1. The summed E-state index contributed by atoms with van der Waals surface area (Å²) in [6.07, 6.45) is 1.38. The van der Waals surface area contributed by atoms with Gasteiger partial charge in [0.05, 0.1) is 16.2 Å². The minimum atomic E-state index is -0.473. The molecule has 0 saturated heterocycles. The third-order valence-electron chi connectivity index (χ3n) is 3.72. The van der Waals surface area contributed by atoms with E-state index in [1.165, 1.54) is 12.3 Å². The molecule has 5 nitrogen and oxygen atoms in total. The van der Waals surface area contributed by atoms with E-state index in [4.69, 9.17) is 11.6 Å². The molecule has 0 unspecified atom stereocenters. The van der Waals surface area contributed by atoms with Crippen LogP contribution < -0.4 is 0 Å². The fraction of sp³-hybridized carbons (Fsp3) is 0. The minimum Gasteiger partial charge on any atom is -0.289 e. The third kappa shape index (κ3) is 3.84. The number of nitrogens with zero attached hydrogens (tertiary/aromatic N) is 2. The number of hydrogen-bond acceptors (Lipinski definition) is 4. The van der Waals surface area contributed by atoms with Gasteiger partial charge in [-0.15, -0.1) is 0 Å². The first-order valence-electron chi connectivity index (χ1n) is 7.73. The van der Waals surface area contributed by atoms with Crippen LogP contribution in [-0.2, 0) is 0 Å². The lowest BCUT2D eigenvalue weighted by Gasteiger charge is -2.06. The molecule has 0 aliphatic rings. The van der Waals surface area contributed by atoms with E-state index >= 15 is 0 Å². The number of rotatable bonds is 5. The molecular weight excluding hydrogens is 352 g/mol. The highest BCUT2D eigenvalue weighted by Gasteiger charge is 2.15. The van der Waals surface area contributed by atoms with E-state index < -0.39 is 4.92 Å². The van der Waals surface area contributed by atoms with E-state index in [2.05, 4.69) is 4.99 Å². The molecule has 0 atom stereocenters. The predicted molar refractivity (Wildman–Crippen MR) is 102 cm³/mol. The molecule has 0 N–H and O–H groups in total. The van der Waals surface area contributed by atoms with Crippen molar-refractivity contribution in [2.75, 3.05) is 0 Å². The topological polar surface area (TPSA) is 72.6 Å². The molecule has 26 heavy (non-hydrogen) atoms. The maximum absolute atomic E-state index is 12.8. The van der Waals surface area contributed by atoms with Gasteiger partial charge in [0, 0.05) is 28.4 Å². The second kappa shape index (κ2) is 7.72. The van der Waals surface area contributed by atoms with Gasteiger partial charge in [-0.05, 0) is 24.3 Å². The van der Waals surface area contributed by atoms with Crippen molar-refractivity contribution in [1.82, 2.24) is 0 Å². The van der Waals surface area contributed by atoms with Crippen molar-refractivity contribution in [3.05, 3.63) is 105 Å². The largest absolute Gasteiger partial charge is 0.289 e. The van der Waals surface area contributed by atoms with E-state index in [0.29, 0.717) is 27.4 Å². The molecule has 3 rings (SSSR count). The number of hydrogen-bond donors (Lipinski definition) is 0. The Bertz CT molecular complexity index is 1000. The average molecular weight is 365 g/mol. The maximum Gasteiger partial charge on any atom is 0.278 e. The van der Waals surface area contributed by atoms with Crippen molar-refractivity contribution in [3.8, 4) is 0 Å². The summed E-state index contributed by atoms with van der Waals surface area (Å²) in [7, 11) is 0. The molecule has 3 aromatic rings. The molecule has 0 radical (unpaired) electrons. The highest BCUT2D eigenvalue weighted by molar-refractivity contribution is 6.31. The normalized spacial score (nSPS) is 10.8. The number of carbonyl (C=O) groups is 1. The zero-order valence-corrected chi connectivity index (χ0v) is 14.3. The Balaban J connectivity index is 2.02. The standard InChI is InChI=1S/C20H13ClN2O3/c21-16-10-11-18(17(12-16)20(24)14-6-2-1-3-7-14)22-13-15-8-4-5-9-19(15)23(25)26/h1-13H. The lowest BCUT2D eigenvalue weighted by Crippen LogP contribution is -2.01. The minimum absolute atomic E-state index is 0.0545. The quantitative estimate of drug-likeness (QED) is 0.269. The number of benzene rings is 3. The van der Waals surface area contributed by atoms with Crippen molar-refractivity contribution in [1.29, 1.82) is 0 Å². The van der Waals surface area contributed by atoms with Gasteiger partial charge in [-0.25, -0.2) is 0 Å². The summed E-state index contributed by atoms with van der Waals surface area (Å²) >= 11 is 6.04. The van der Waals surface area contributed by atoms with Crippen LogP contribution in [-0.4, -0.2) is 16.9 Å². The highest BCUT2D eigenvalue weighted by Crippen LogP contribution is 2.26. The number of aliphatic imine (C=N–C) groups is 1. The van der Waals surface area contributed by atoms with Crippen LogP contribution in [0.4, 0.5) is 11.4 Å². The molecule has 0 spiro atoms. The Labute approximate surface area is 154 Å².